The molecule has 1 fully saturated rings. The number of likely N-dealkylation sites (tertiary alicyclic amines) is 1. The van der Waals surface area contributed by atoms with Crippen molar-refractivity contribution < 1.29 is 9.13 Å². The highest BCUT2D eigenvalue weighted by Gasteiger charge is 2.10. The summed E-state index contributed by atoms with van der Waals surface area (Å²) in [6.07, 6.45) is 6.60. The maximum Gasteiger partial charge on any atom is 0.219 e. The third-order valence-corrected chi connectivity index (χ3v) is 4.19. The Morgan fingerprint density at radius 2 is 1.77 bits per heavy atom. The number of rotatable bonds is 4. The van der Waals surface area contributed by atoms with E-state index in [1.165, 1.54) is 37.8 Å². The highest BCUT2D eigenvalue weighted by Crippen LogP contribution is 2.19. The van der Waals surface area contributed by atoms with Crippen molar-refractivity contribution in [2.24, 2.45) is 10.7 Å². The number of guanidine groups is 1. The number of hydrogen-bond donors (Lipinski definition) is 1. The van der Waals surface area contributed by atoms with Gasteiger partial charge in [-0.15, -0.1) is 24.0 Å². The van der Waals surface area contributed by atoms with Crippen LogP contribution in [-0.4, -0.2) is 28.9 Å². The summed E-state index contributed by atoms with van der Waals surface area (Å²) in [5, 5.41) is 0. The summed E-state index contributed by atoms with van der Waals surface area (Å²) < 4.78 is 18.5. The van der Waals surface area contributed by atoms with E-state index in [1.807, 2.05) is 6.07 Å². The van der Waals surface area contributed by atoms with Gasteiger partial charge in [0.2, 0.25) is 5.88 Å². The lowest BCUT2D eigenvalue weighted by molar-refractivity contribution is 0.428. The summed E-state index contributed by atoms with van der Waals surface area (Å²) >= 11 is 0. The molecule has 0 aliphatic carbocycles. The number of halogens is 2. The van der Waals surface area contributed by atoms with Gasteiger partial charge in [0.15, 0.2) is 5.96 Å². The summed E-state index contributed by atoms with van der Waals surface area (Å²) in [4.78, 5) is 10.9. The number of aromatic nitrogens is 1. The molecule has 0 amide bonds. The average Bonchev–Trinajstić information content (AvgIpc) is 2.92. The standard InChI is InChI=1S/C19H23FN4O.HI/c20-16-6-8-17(9-7-16)25-18-10-5-15(13-22-18)14-23-19(21)24-11-3-1-2-4-12-24;/h5-10,13H,1-4,11-12,14H2,(H2,21,23);1H. The van der Waals surface area contributed by atoms with E-state index >= 15 is 0 Å². The molecule has 1 aromatic carbocycles. The number of nitrogens with zero attached hydrogens (tertiary/aromatic N) is 3. The molecule has 0 bridgehead atoms. The molecule has 26 heavy (non-hydrogen) atoms. The van der Waals surface area contributed by atoms with E-state index in [0.717, 1.165) is 18.7 Å². The monoisotopic (exact) mass is 470 g/mol. The van der Waals surface area contributed by atoms with Crippen LogP contribution in [0.1, 0.15) is 31.2 Å². The van der Waals surface area contributed by atoms with Crippen molar-refractivity contribution >= 4 is 29.9 Å². The SMILES string of the molecule is I.NC(=NCc1ccc(Oc2ccc(F)cc2)nc1)N1CCCCCC1. The van der Waals surface area contributed by atoms with E-state index in [1.54, 1.807) is 24.4 Å². The lowest BCUT2D eigenvalue weighted by Gasteiger charge is -2.21. The minimum Gasteiger partial charge on any atom is -0.439 e. The van der Waals surface area contributed by atoms with Crippen LogP contribution in [0.4, 0.5) is 4.39 Å². The van der Waals surface area contributed by atoms with Gasteiger partial charge in [-0.25, -0.2) is 14.4 Å². The van der Waals surface area contributed by atoms with Gasteiger partial charge in [0.25, 0.3) is 0 Å². The summed E-state index contributed by atoms with van der Waals surface area (Å²) in [6, 6.07) is 9.52. The molecule has 0 atom stereocenters. The van der Waals surface area contributed by atoms with Crippen molar-refractivity contribution in [1.82, 2.24) is 9.88 Å². The Labute approximate surface area is 170 Å². The van der Waals surface area contributed by atoms with Gasteiger partial charge in [0.1, 0.15) is 11.6 Å². The minimum atomic E-state index is -0.296. The number of aliphatic imine (C=N–C) groups is 1. The first-order valence-corrected chi connectivity index (χ1v) is 8.64. The van der Waals surface area contributed by atoms with Crippen LogP contribution in [0.2, 0.25) is 0 Å². The molecule has 0 radical (unpaired) electrons. The Morgan fingerprint density at radius 3 is 2.38 bits per heavy atom. The summed E-state index contributed by atoms with van der Waals surface area (Å²) in [6.45, 7) is 2.46. The van der Waals surface area contributed by atoms with Crippen LogP contribution < -0.4 is 10.5 Å². The first-order chi connectivity index (χ1) is 12.2. The molecule has 2 aromatic rings. The van der Waals surface area contributed by atoms with E-state index in [0.29, 0.717) is 24.1 Å². The van der Waals surface area contributed by atoms with Crippen LogP contribution >= 0.6 is 24.0 Å². The van der Waals surface area contributed by atoms with Crippen LogP contribution in [0.3, 0.4) is 0 Å². The maximum absolute atomic E-state index is 12.9. The predicted molar refractivity (Wildman–Crippen MR) is 111 cm³/mol. The first-order valence-electron chi connectivity index (χ1n) is 8.64. The molecule has 0 saturated carbocycles. The minimum absolute atomic E-state index is 0. The Morgan fingerprint density at radius 1 is 1.08 bits per heavy atom. The molecule has 0 unspecified atom stereocenters. The van der Waals surface area contributed by atoms with Crippen molar-refractivity contribution in [3.05, 3.63) is 54.0 Å². The van der Waals surface area contributed by atoms with Crippen molar-refractivity contribution in [3.63, 3.8) is 0 Å². The summed E-state index contributed by atoms with van der Waals surface area (Å²) in [7, 11) is 0. The van der Waals surface area contributed by atoms with Crippen LogP contribution in [0, 0.1) is 5.82 Å². The van der Waals surface area contributed by atoms with Crippen LogP contribution in [0.5, 0.6) is 11.6 Å². The molecule has 1 aromatic heterocycles. The summed E-state index contributed by atoms with van der Waals surface area (Å²) in [5.41, 5.74) is 7.07. The van der Waals surface area contributed by atoms with Gasteiger partial charge in [-0.2, -0.15) is 0 Å². The molecular formula is C19H24FIN4O. The van der Waals surface area contributed by atoms with Crippen molar-refractivity contribution in [1.29, 1.82) is 0 Å². The highest BCUT2D eigenvalue weighted by atomic mass is 127. The van der Waals surface area contributed by atoms with Crippen molar-refractivity contribution in [3.8, 4) is 11.6 Å². The number of nitrogens with two attached hydrogens (primary N) is 1. The number of hydrogen-bond acceptors (Lipinski definition) is 3. The van der Waals surface area contributed by atoms with E-state index in [4.69, 9.17) is 10.5 Å². The maximum atomic E-state index is 12.9. The Hall–Kier alpha value is -1.90. The molecular weight excluding hydrogens is 446 g/mol. The fourth-order valence-corrected chi connectivity index (χ4v) is 2.76. The van der Waals surface area contributed by atoms with Crippen LogP contribution in [-0.2, 0) is 6.54 Å². The fraction of sp³-hybridized carbons (Fsp3) is 0.368. The fourth-order valence-electron chi connectivity index (χ4n) is 2.76. The molecule has 2 heterocycles. The summed E-state index contributed by atoms with van der Waals surface area (Å²) in [5.74, 6) is 1.31. The lowest BCUT2D eigenvalue weighted by atomic mass is 10.2. The lowest BCUT2D eigenvalue weighted by Crippen LogP contribution is -2.38. The zero-order valence-electron chi connectivity index (χ0n) is 14.6. The number of benzene rings is 1. The Kier molecular flexibility index (Phi) is 8.08. The third kappa shape index (κ3) is 6.12. The Balaban J connectivity index is 0.00000243. The van der Waals surface area contributed by atoms with Crippen LogP contribution in [0.25, 0.3) is 0 Å². The van der Waals surface area contributed by atoms with Gasteiger partial charge in [0.05, 0.1) is 6.54 Å². The average molecular weight is 470 g/mol. The normalized spacial score (nSPS) is 15.1. The molecule has 3 rings (SSSR count). The smallest absolute Gasteiger partial charge is 0.219 e. The largest absolute Gasteiger partial charge is 0.439 e. The van der Waals surface area contributed by atoms with Crippen LogP contribution in [0.15, 0.2) is 47.6 Å². The van der Waals surface area contributed by atoms with E-state index < -0.39 is 0 Å². The van der Waals surface area contributed by atoms with Gasteiger partial charge in [-0.05, 0) is 42.7 Å². The molecule has 1 saturated heterocycles. The molecule has 2 N–H and O–H groups in total. The number of pyridine rings is 1. The topological polar surface area (TPSA) is 63.7 Å². The van der Waals surface area contributed by atoms with Gasteiger partial charge < -0.3 is 15.4 Å². The molecule has 140 valence electrons. The predicted octanol–water partition coefficient (Wildman–Crippen LogP) is 4.32. The van der Waals surface area contributed by atoms with Crippen molar-refractivity contribution in [2.75, 3.05) is 13.1 Å². The second-order valence-electron chi connectivity index (χ2n) is 6.14. The second-order valence-corrected chi connectivity index (χ2v) is 6.14. The molecule has 7 heteroatoms. The second kappa shape index (κ2) is 10.3. The van der Waals surface area contributed by atoms with E-state index in [9.17, 15) is 4.39 Å². The quantitative estimate of drug-likeness (QED) is 0.411. The molecule has 1 aliphatic rings. The van der Waals surface area contributed by atoms with Gasteiger partial charge in [-0.3, -0.25) is 0 Å². The molecule has 5 nitrogen and oxygen atoms in total. The van der Waals surface area contributed by atoms with Crippen molar-refractivity contribution in [2.45, 2.75) is 32.2 Å². The zero-order chi connectivity index (χ0) is 17.5. The third-order valence-electron chi connectivity index (χ3n) is 4.19. The van der Waals surface area contributed by atoms with E-state index in [-0.39, 0.29) is 29.8 Å². The highest BCUT2D eigenvalue weighted by molar-refractivity contribution is 14.0. The molecule has 1 aliphatic heterocycles. The zero-order valence-corrected chi connectivity index (χ0v) is 16.9. The first kappa shape index (κ1) is 20.4. The molecule has 0 spiro atoms. The number of ether oxygens (including phenoxy) is 1. The van der Waals surface area contributed by atoms with Gasteiger partial charge in [-0.1, -0.05) is 18.9 Å². The van der Waals surface area contributed by atoms with E-state index in [2.05, 4.69) is 14.9 Å². The van der Waals surface area contributed by atoms with Gasteiger partial charge >= 0.3 is 0 Å². The van der Waals surface area contributed by atoms with Gasteiger partial charge in [0, 0.05) is 25.4 Å². The Bertz CT molecular complexity index is 698.